The monoisotopic (exact) mass is 343 g/mol. The predicted octanol–water partition coefficient (Wildman–Crippen LogP) is 1.43. The van der Waals surface area contributed by atoms with E-state index >= 15 is 0 Å². The van der Waals surface area contributed by atoms with Crippen molar-refractivity contribution in [1.82, 2.24) is 4.90 Å². The van der Waals surface area contributed by atoms with Gasteiger partial charge in [-0.05, 0) is 11.1 Å². The van der Waals surface area contributed by atoms with Crippen LogP contribution in [-0.4, -0.2) is 63.4 Å². The number of rotatable bonds is 4. The number of methoxy groups -OCH3 is 2. The predicted molar refractivity (Wildman–Crippen MR) is 91.7 cm³/mol. The Kier molecular flexibility index (Phi) is 5.31. The first-order chi connectivity index (χ1) is 12.2. The van der Waals surface area contributed by atoms with Crippen molar-refractivity contribution in [3.05, 3.63) is 53.1 Å². The highest BCUT2D eigenvalue weighted by Crippen LogP contribution is 2.37. The maximum absolute atomic E-state index is 12.5. The molecule has 1 aliphatic carbocycles. The van der Waals surface area contributed by atoms with E-state index in [1.165, 1.54) is 14.2 Å². The third-order valence-electron chi connectivity index (χ3n) is 4.48. The second-order valence-corrected chi connectivity index (χ2v) is 5.81. The van der Waals surface area contributed by atoms with Crippen LogP contribution in [0.25, 0.3) is 5.57 Å². The van der Waals surface area contributed by atoms with Gasteiger partial charge in [0, 0.05) is 13.1 Å². The molecule has 1 fully saturated rings. The first-order valence-electron chi connectivity index (χ1n) is 8.17. The van der Waals surface area contributed by atoms with Crippen molar-refractivity contribution in [3.8, 4) is 0 Å². The summed E-state index contributed by atoms with van der Waals surface area (Å²) in [6, 6.07) is 9.18. The standard InChI is InChI=1S/C19H21NO5/c1-23-18(21)16-14(13-6-4-3-5-7-13)12-15(17(16)19(22)24-2)20-8-10-25-11-9-20/h3-7,12,15H,8-11H2,1-2H3. The average Bonchev–Trinajstić information content (AvgIpc) is 3.08. The summed E-state index contributed by atoms with van der Waals surface area (Å²) in [6.07, 6.45) is 1.94. The fourth-order valence-electron chi connectivity index (χ4n) is 3.27. The van der Waals surface area contributed by atoms with Crippen LogP contribution in [0.15, 0.2) is 47.6 Å². The highest BCUT2D eigenvalue weighted by molar-refractivity contribution is 6.15. The molecule has 2 aliphatic rings. The summed E-state index contributed by atoms with van der Waals surface area (Å²) in [5.41, 5.74) is 2.16. The summed E-state index contributed by atoms with van der Waals surface area (Å²) < 4.78 is 15.3. The number of carbonyl (C=O) groups is 2. The van der Waals surface area contributed by atoms with Gasteiger partial charge in [0.25, 0.3) is 0 Å². The van der Waals surface area contributed by atoms with Crippen molar-refractivity contribution in [3.63, 3.8) is 0 Å². The quantitative estimate of drug-likeness (QED) is 0.771. The number of nitrogens with zero attached hydrogens (tertiary/aromatic N) is 1. The van der Waals surface area contributed by atoms with Crippen LogP contribution in [0.3, 0.4) is 0 Å². The topological polar surface area (TPSA) is 65.1 Å². The van der Waals surface area contributed by atoms with E-state index < -0.39 is 11.9 Å². The van der Waals surface area contributed by atoms with Crippen LogP contribution >= 0.6 is 0 Å². The van der Waals surface area contributed by atoms with Crippen LogP contribution < -0.4 is 0 Å². The van der Waals surface area contributed by atoms with Gasteiger partial charge in [-0.2, -0.15) is 0 Å². The summed E-state index contributed by atoms with van der Waals surface area (Å²) >= 11 is 0. The van der Waals surface area contributed by atoms with Gasteiger partial charge in [0.2, 0.25) is 0 Å². The van der Waals surface area contributed by atoms with Gasteiger partial charge in [0.15, 0.2) is 0 Å². The summed E-state index contributed by atoms with van der Waals surface area (Å²) in [6.45, 7) is 2.54. The van der Waals surface area contributed by atoms with Crippen molar-refractivity contribution >= 4 is 17.5 Å². The van der Waals surface area contributed by atoms with E-state index in [0.29, 0.717) is 37.4 Å². The highest BCUT2D eigenvalue weighted by Gasteiger charge is 2.39. The average molecular weight is 343 g/mol. The minimum absolute atomic E-state index is 0.275. The first-order valence-corrected chi connectivity index (χ1v) is 8.17. The van der Waals surface area contributed by atoms with E-state index in [2.05, 4.69) is 4.90 Å². The molecule has 6 nitrogen and oxygen atoms in total. The van der Waals surface area contributed by atoms with Gasteiger partial charge < -0.3 is 14.2 Å². The minimum Gasteiger partial charge on any atom is -0.466 e. The largest absolute Gasteiger partial charge is 0.466 e. The molecule has 1 aromatic carbocycles. The third kappa shape index (κ3) is 3.36. The van der Waals surface area contributed by atoms with E-state index in [-0.39, 0.29) is 11.6 Å². The zero-order valence-electron chi connectivity index (χ0n) is 14.4. The molecule has 0 spiro atoms. The molecule has 0 amide bonds. The molecule has 1 aliphatic heterocycles. The van der Waals surface area contributed by atoms with Gasteiger partial charge >= 0.3 is 11.9 Å². The lowest BCUT2D eigenvalue weighted by Gasteiger charge is -2.32. The van der Waals surface area contributed by atoms with Gasteiger partial charge in [-0.15, -0.1) is 0 Å². The van der Waals surface area contributed by atoms with Gasteiger partial charge in [0.1, 0.15) is 0 Å². The smallest absolute Gasteiger partial charge is 0.339 e. The number of morpholine rings is 1. The fourth-order valence-corrected chi connectivity index (χ4v) is 3.27. The number of esters is 2. The molecule has 1 atom stereocenters. The first kappa shape index (κ1) is 17.4. The summed E-state index contributed by atoms with van der Waals surface area (Å²) in [7, 11) is 2.63. The summed E-state index contributed by atoms with van der Waals surface area (Å²) in [4.78, 5) is 27.1. The lowest BCUT2D eigenvalue weighted by atomic mass is 9.98. The Morgan fingerprint density at radius 2 is 1.68 bits per heavy atom. The molecule has 6 heteroatoms. The fraction of sp³-hybridized carbons (Fsp3) is 0.368. The summed E-state index contributed by atoms with van der Waals surface area (Å²) in [5.74, 6) is -1.05. The molecular weight excluding hydrogens is 322 g/mol. The van der Waals surface area contributed by atoms with Crippen LogP contribution in [0, 0.1) is 0 Å². The molecule has 1 heterocycles. The molecule has 0 saturated carbocycles. The van der Waals surface area contributed by atoms with Crippen molar-refractivity contribution < 1.29 is 23.8 Å². The van der Waals surface area contributed by atoms with Crippen molar-refractivity contribution in [1.29, 1.82) is 0 Å². The number of carbonyl (C=O) groups excluding carboxylic acids is 2. The van der Waals surface area contributed by atoms with Gasteiger partial charge in [-0.25, -0.2) is 9.59 Å². The molecule has 3 rings (SSSR count). The van der Waals surface area contributed by atoms with Gasteiger partial charge in [0.05, 0.1) is 44.6 Å². The molecule has 0 aromatic heterocycles. The minimum atomic E-state index is -0.536. The molecule has 1 unspecified atom stereocenters. The Balaban J connectivity index is 2.12. The SMILES string of the molecule is COC(=O)C1=C(C(=O)OC)C(N2CCOCC2)C=C1c1ccccc1. The zero-order chi connectivity index (χ0) is 17.8. The molecular formula is C19H21NO5. The summed E-state index contributed by atoms with van der Waals surface area (Å²) in [5, 5.41) is 0. The molecule has 0 N–H and O–H groups in total. The second kappa shape index (κ2) is 7.63. The van der Waals surface area contributed by atoms with E-state index in [9.17, 15) is 9.59 Å². The number of ether oxygens (including phenoxy) is 3. The van der Waals surface area contributed by atoms with Crippen LogP contribution in [0.1, 0.15) is 5.56 Å². The van der Waals surface area contributed by atoms with Crippen LogP contribution in [0.5, 0.6) is 0 Å². The van der Waals surface area contributed by atoms with Crippen LogP contribution in [-0.2, 0) is 23.8 Å². The Morgan fingerprint density at radius 3 is 2.28 bits per heavy atom. The molecule has 0 radical (unpaired) electrons. The lowest BCUT2D eigenvalue weighted by molar-refractivity contribution is -0.139. The van der Waals surface area contributed by atoms with Crippen molar-refractivity contribution in [2.75, 3.05) is 40.5 Å². The van der Waals surface area contributed by atoms with Gasteiger partial charge in [-0.3, -0.25) is 4.90 Å². The highest BCUT2D eigenvalue weighted by atomic mass is 16.5. The van der Waals surface area contributed by atoms with E-state index in [4.69, 9.17) is 14.2 Å². The van der Waals surface area contributed by atoms with E-state index in [1.54, 1.807) is 0 Å². The third-order valence-corrected chi connectivity index (χ3v) is 4.48. The second-order valence-electron chi connectivity index (χ2n) is 5.81. The Bertz CT molecular complexity index is 717. The molecule has 25 heavy (non-hydrogen) atoms. The van der Waals surface area contributed by atoms with E-state index in [1.807, 2.05) is 36.4 Å². The molecule has 132 valence electrons. The molecule has 1 aromatic rings. The molecule has 1 saturated heterocycles. The lowest BCUT2D eigenvalue weighted by Crippen LogP contribution is -2.44. The van der Waals surface area contributed by atoms with Gasteiger partial charge in [-0.1, -0.05) is 36.4 Å². The number of hydrogen-bond acceptors (Lipinski definition) is 6. The normalized spacial score (nSPS) is 21.0. The van der Waals surface area contributed by atoms with Crippen LogP contribution in [0.4, 0.5) is 0 Å². The van der Waals surface area contributed by atoms with Crippen molar-refractivity contribution in [2.24, 2.45) is 0 Å². The Hall–Kier alpha value is -2.44. The maximum atomic E-state index is 12.5. The molecule has 0 bridgehead atoms. The Labute approximate surface area is 146 Å². The van der Waals surface area contributed by atoms with Crippen LogP contribution in [0.2, 0.25) is 0 Å². The Morgan fingerprint density at radius 1 is 1.04 bits per heavy atom. The number of benzene rings is 1. The van der Waals surface area contributed by atoms with E-state index in [0.717, 1.165) is 5.56 Å². The number of hydrogen-bond donors (Lipinski definition) is 0. The maximum Gasteiger partial charge on any atom is 0.339 e. The van der Waals surface area contributed by atoms with Crippen molar-refractivity contribution in [2.45, 2.75) is 6.04 Å². The zero-order valence-corrected chi connectivity index (χ0v) is 14.4.